The second-order valence-electron chi connectivity index (χ2n) is 10.00. The first-order valence-electron chi connectivity index (χ1n) is 12.7. The van der Waals surface area contributed by atoms with E-state index in [1.54, 1.807) is 7.11 Å². The minimum absolute atomic E-state index is 0.104. The SMILES string of the molecule is COC1C=CC(CCC2(C3CCCCC3)CC(=O)C(C(=O)CCc3ccccc3)C(=O)O2)=CC1. The van der Waals surface area contributed by atoms with E-state index in [2.05, 4.69) is 18.2 Å². The number of hydrogen-bond donors (Lipinski definition) is 0. The highest BCUT2D eigenvalue weighted by atomic mass is 16.6. The molecule has 3 unspecified atom stereocenters. The molecule has 1 saturated carbocycles. The number of carbonyl (C=O) groups excluding carboxylic acids is 3. The summed E-state index contributed by atoms with van der Waals surface area (Å²) < 4.78 is 11.5. The average molecular weight is 465 g/mol. The van der Waals surface area contributed by atoms with E-state index in [1.807, 2.05) is 30.3 Å². The number of rotatable bonds is 9. The maximum absolute atomic E-state index is 13.3. The summed E-state index contributed by atoms with van der Waals surface area (Å²) in [4.78, 5) is 39.3. The third-order valence-corrected chi connectivity index (χ3v) is 7.79. The molecule has 2 aliphatic carbocycles. The minimum Gasteiger partial charge on any atom is -0.457 e. The van der Waals surface area contributed by atoms with Crippen LogP contribution in [0.15, 0.2) is 54.1 Å². The van der Waals surface area contributed by atoms with Crippen molar-refractivity contribution >= 4 is 17.5 Å². The molecule has 5 nitrogen and oxygen atoms in total. The van der Waals surface area contributed by atoms with Gasteiger partial charge in [0.15, 0.2) is 17.5 Å². The Balaban J connectivity index is 1.45. The van der Waals surface area contributed by atoms with Crippen LogP contribution in [0.3, 0.4) is 0 Å². The zero-order valence-corrected chi connectivity index (χ0v) is 20.2. The van der Waals surface area contributed by atoms with Gasteiger partial charge in [0.2, 0.25) is 0 Å². The largest absolute Gasteiger partial charge is 0.457 e. The van der Waals surface area contributed by atoms with Gasteiger partial charge < -0.3 is 9.47 Å². The molecular weight excluding hydrogens is 428 g/mol. The van der Waals surface area contributed by atoms with Gasteiger partial charge in [-0.1, -0.05) is 73.4 Å². The molecular formula is C29H36O5. The summed E-state index contributed by atoms with van der Waals surface area (Å²) >= 11 is 0. The lowest BCUT2D eigenvalue weighted by Gasteiger charge is -2.45. The smallest absolute Gasteiger partial charge is 0.324 e. The molecule has 3 atom stereocenters. The van der Waals surface area contributed by atoms with Gasteiger partial charge in [0.05, 0.1) is 6.10 Å². The van der Waals surface area contributed by atoms with E-state index >= 15 is 0 Å². The Hall–Kier alpha value is -2.53. The van der Waals surface area contributed by atoms with E-state index in [-0.39, 0.29) is 36.4 Å². The lowest BCUT2D eigenvalue weighted by Crippen LogP contribution is -2.54. The minimum atomic E-state index is -1.27. The van der Waals surface area contributed by atoms with Gasteiger partial charge in [-0.15, -0.1) is 0 Å². The number of esters is 1. The fourth-order valence-corrected chi connectivity index (χ4v) is 5.75. The Bertz CT molecular complexity index is 921. The number of methoxy groups -OCH3 is 1. The summed E-state index contributed by atoms with van der Waals surface area (Å²) in [6.45, 7) is 0. The third-order valence-electron chi connectivity index (χ3n) is 7.79. The summed E-state index contributed by atoms with van der Waals surface area (Å²) in [5, 5.41) is 0. The average Bonchev–Trinajstić information content (AvgIpc) is 2.87. The van der Waals surface area contributed by atoms with Crippen LogP contribution < -0.4 is 0 Å². The van der Waals surface area contributed by atoms with Crippen LogP contribution in [0.1, 0.15) is 69.8 Å². The number of benzene rings is 1. The van der Waals surface area contributed by atoms with E-state index in [0.717, 1.165) is 44.1 Å². The van der Waals surface area contributed by atoms with E-state index in [0.29, 0.717) is 12.8 Å². The molecule has 1 aromatic carbocycles. The topological polar surface area (TPSA) is 69.7 Å². The number of cyclic esters (lactones) is 1. The van der Waals surface area contributed by atoms with Crippen LogP contribution in [0.5, 0.6) is 0 Å². The summed E-state index contributed by atoms with van der Waals surface area (Å²) in [7, 11) is 1.70. The Labute approximate surface area is 202 Å². The van der Waals surface area contributed by atoms with Crippen LogP contribution in [0.2, 0.25) is 0 Å². The molecule has 4 rings (SSSR count). The molecule has 0 spiro atoms. The van der Waals surface area contributed by atoms with Crippen molar-refractivity contribution in [3.8, 4) is 0 Å². The molecule has 1 heterocycles. The Morgan fingerprint density at radius 3 is 2.50 bits per heavy atom. The highest BCUT2D eigenvalue weighted by Crippen LogP contribution is 2.45. The van der Waals surface area contributed by atoms with E-state index < -0.39 is 17.5 Å². The number of ether oxygens (including phenoxy) is 2. The Morgan fingerprint density at radius 2 is 1.85 bits per heavy atom. The molecule has 0 amide bonds. The maximum Gasteiger partial charge on any atom is 0.324 e. The fraction of sp³-hybridized carbons (Fsp3) is 0.552. The van der Waals surface area contributed by atoms with Gasteiger partial charge >= 0.3 is 5.97 Å². The van der Waals surface area contributed by atoms with Crippen LogP contribution in [0, 0.1) is 11.8 Å². The fourth-order valence-electron chi connectivity index (χ4n) is 5.75. The Morgan fingerprint density at radius 1 is 1.09 bits per heavy atom. The van der Waals surface area contributed by atoms with Gasteiger partial charge in [0, 0.05) is 20.0 Å². The summed E-state index contributed by atoms with van der Waals surface area (Å²) in [5.41, 5.74) is 1.42. The third kappa shape index (κ3) is 5.75. The highest BCUT2D eigenvalue weighted by Gasteiger charge is 2.52. The number of ketones is 2. The van der Waals surface area contributed by atoms with Crippen molar-refractivity contribution in [1.82, 2.24) is 0 Å². The molecule has 2 fully saturated rings. The van der Waals surface area contributed by atoms with Crippen molar-refractivity contribution in [3.05, 3.63) is 59.7 Å². The highest BCUT2D eigenvalue weighted by molar-refractivity contribution is 6.18. The number of carbonyl (C=O) groups is 3. The van der Waals surface area contributed by atoms with Gasteiger partial charge in [-0.2, -0.15) is 0 Å². The van der Waals surface area contributed by atoms with Crippen molar-refractivity contribution in [3.63, 3.8) is 0 Å². The maximum atomic E-state index is 13.3. The van der Waals surface area contributed by atoms with Crippen LogP contribution in [0.4, 0.5) is 0 Å². The predicted octanol–water partition coefficient (Wildman–Crippen LogP) is 5.32. The van der Waals surface area contributed by atoms with Crippen LogP contribution in [0.25, 0.3) is 0 Å². The molecule has 0 bridgehead atoms. The molecule has 1 aromatic rings. The molecule has 0 N–H and O–H groups in total. The van der Waals surface area contributed by atoms with Crippen LogP contribution >= 0.6 is 0 Å². The first kappa shape index (κ1) is 24.6. The van der Waals surface area contributed by atoms with Crippen molar-refractivity contribution in [2.75, 3.05) is 7.11 Å². The molecule has 34 heavy (non-hydrogen) atoms. The van der Waals surface area contributed by atoms with E-state index in [4.69, 9.17) is 9.47 Å². The lowest BCUT2D eigenvalue weighted by molar-refractivity contribution is -0.188. The number of Topliss-reactive ketones (excluding diaryl/α,β-unsaturated/α-hetero) is 2. The van der Waals surface area contributed by atoms with E-state index in [9.17, 15) is 14.4 Å². The molecule has 182 valence electrons. The molecule has 0 radical (unpaired) electrons. The van der Waals surface area contributed by atoms with Crippen molar-refractivity contribution < 1.29 is 23.9 Å². The van der Waals surface area contributed by atoms with E-state index in [1.165, 1.54) is 12.0 Å². The molecule has 0 aromatic heterocycles. The zero-order valence-electron chi connectivity index (χ0n) is 20.2. The van der Waals surface area contributed by atoms with Gasteiger partial charge in [0.25, 0.3) is 0 Å². The standard InChI is InChI=1S/C29H36O5/c1-33-24-15-12-22(13-16-24)18-19-29(23-10-6-3-7-11-23)20-26(31)27(28(32)34-29)25(30)17-14-21-8-4-2-5-9-21/h2,4-5,8-9,12-13,15,23-24,27H,3,6-7,10-11,14,16-20H2,1H3. The molecule has 3 aliphatic rings. The van der Waals surface area contributed by atoms with Crippen molar-refractivity contribution in [2.45, 2.75) is 82.3 Å². The number of allylic oxidation sites excluding steroid dienone is 2. The quantitative estimate of drug-likeness (QED) is 0.365. The molecule has 1 aliphatic heterocycles. The first-order valence-corrected chi connectivity index (χ1v) is 12.7. The van der Waals surface area contributed by atoms with Gasteiger partial charge in [-0.05, 0) is 50.0 Å². The van der Waals surface area contributed by atoms with Crippen molar-refractivity contribution in [1.29, 1.82) is 0 Å². The number of hydrogen-bond acceptors (Lipinski definition) is 5. The molecule has 5 heteroatoms. The van der Waals surface area contributed by atoms with Gasteiger partial charge in [-0.3, -0.25) is 14.4 Å². The van der Waals surface area contributed by atoms with Gasteiger partial charge in [0.1, 0.15) is 5.60 Å². The number of aryl methyl sites for hydroxylation is 1. The first-order chi connectivity index (χ1) is 16.5. The van der Waals surface area contributed by atoms with Crippen molar-refractivity contribution in [2.24, 2.45) is 11.8 Å². The summed E-state index contributed by atoms with van der Waals surface area (Å²) in [6.07, 6.45) is 14.8. The summed E-state index contributed by atoms with van der Waals surface area (Å²) in [6, 6.07) is 9.67. The zero-order chi connectivity index (χ0) is 24.0. The predicted molar refractivity (Wildman–Crippen MR) is 130 cm³/mol. The van der Waals surface area contributed by atoms with Crippen LogP contribution in [-0.4, -0.2) is 36.4 Å². The molecule has 1 saturated heterocycles. The van der Waals surface area contributed by atoms with Gasteiger partial charge in [-0.25, -0.2) is 0 Å². The monoisotopic (exact) mass is 464 g/mol. The normalized spacial score (nSPS) is 27.9. The lowest BCUT2D eigenvalue weighted by atomic mass is 9.69. The second kappa shape index (κ2) is 11.3. The van der Waals surface area contributed by atoms with Crippen LogP contribution in [-0.2, 0) is 30.3 Å². The second-order valence-corrected chi connectivity index (χ2v) is 10.00. The summed E-state index contributed by atoms with van der Waals surface area (Å²) in [5.74, 6) is -2.30. The Kier molecular flexibility index (Phi) is 8.15.